The molecule has 0 radical (unpaired) electrons. The van der Waals surface area contributed by atoms with Gasteiger partial charge in [0.05, 0.1) is 19.3 Å². The van der Waals surface area contributed by atoms with Gasteiger partial charge in [-0.25, -0.2) is 14.6 Å². The number of ether oxygens (including phenoxy) is 2. The van der Waals surface area contributed by atoms with Crippen molar-refractivity contribution in [2.24, 2.45) is 5.73 Å². The average Bonchev–Trinajstić information content (AvgIpc) is 3.56. The zero-order valence-corrected chi connectivity index (χ0v) is 22.4. The molecule has 0 fully saturated rings. The standard InChI is InChI=1S/C24H34N6O12/c25-6-2-1-3-13(23(38)39)30-22(37)14(7-12-8-26-11-28-12)29-17(33)9-27-16(32)4-5-18(34)41-10-15(31)21-19(35)20(36)24(40)42-21/h8,11,13-15,21,31,35-36H,1-7,9-10,25H2,(H,26,28)(H,27,32)(H,29,33)(H,30,37)(H,38,39). The number of nitrogens with one attached hydrogen (secondary N) is 4. The third-order valence-electron chi connectivity index (χ3n) is 5.90. The van der Waals surface area contributed by atoms with Crippen LogP contribution in [0.1, 0.15) is 37.8 Å². The zero-order valence-electron chi connectivity index (χ0n) is 22.4. The van der Waals surface area contributed by atoms with Crippen molar-refractivity contribution in [1.29, 1.82) is 0 Å². The summed E-state index contributed by atoms with van der Waals surface area (Å²) < 4.78 is 9.30. The highest BCUT2D eigenvalue weighted by Gasteiger charge is 2.39. The molecule has 3 amide bonds. The topological polar surface area (TPSA) is 293 Å². The van der Waals surface area contributed by atoms with Crippen LogP contribution < -0.4 is 21.7 Å². The van der Waals surface area contributed by atoms with Gasteiger partial charge >= 0.3 is 17.9 Å². The SMILES string of the molecule is NCCCCC(NC(=O)C(Cc1cnc[nH]1)NC(=O)CNC(=O)CCC(=O)OCC(O)C1OC(=O)C(O)=C1O)C(=O)O. The second kappa shape index (κ2) is 16.5. The number of cyclic esters (lactones) is 1. The summed E-state index contributed by atoms with van der Waals surface area (Å²) in [5, 5.41) is 45.2. The summed E-state index contributed by atoms with van der Waals surface area (Å²) in [5.74, 6) is -7.66. The molecule has 42 heavy (non-hydrogen) atoms. The molecule has 10 N–H and O–H groups in total. The van der Waals surface area contributed by atoms with Crippen LogP contribution in [0.25, 0.3) is 0 Å². The normalized spacial score (nSPS) is 16.6. The van der Waals surface area contributed by atoms with Crippen LogP contribution >= 0.6 is 0 Å². The van der Waals surface area contributed by atoms with Crippen LogP contribution in [0.5, 0.6) is 0 Å². The van der Waals surface area contributed by atoms with E-state index in [4.69, 9.17) is 10.5 Å². The van der Waals surface area contributed by atoms with Crippen molar-refractivity contribution in [2.45, 2.75) is 62.8 Å². The molecule has 1 aromatic rings. The Labute approximate surface area is 238 Å². The van der Waals surface area contributed by atoms with Gasteiger partial charge in [-0.3, -0.25) is 19.2 Å². The molecule has 2 heterocycles. The number of amides is 3. The number of aromatic nitrogens is 2. The average molecular weight is 599 g/mol. The van der Waals surface area contributed by atoms with E-state index in [0.29, 0.717) is 25.1 Å². The Balaban J connectivity index is 1.80. The number of unbranched alkanes of at least 4 members (excludes halogenated alkanes) is 1. The summed E-state index contributed by atoms with van der Waals surface area (Å²) in [6, 6.07) is -2.41. The van der Waals surface area contributed by atoms with E-state index in [1.807, 2.05) is 0 Å². The summed E-state index contributed by atoms with van der Waals surface area (Å²) in [6.07, 6.45) is -0.251. The number of carboxylic acids is 1. The van der Waals surface area contributed by atoms with Gasteiger partial charge in [-0.15, -0.1) is 0 Å². The fourth-order valence-corrected chi connectivity index (χ4v) is 3.64. The number of aromatic amines is 1. The van der Waals surface area contributed by atoms with Gasteiger partial charge in [0.1, 0.15) is 24.8 Å². The molecule has 0 aromatic carbocycles. The van der Waals surface area contributed by atoms with Crippen LogP contribution in [0.15, 0.2) is 24.0 Å². The Morgan fingerprint density at radius 3 is 2.43 bits per heavy atom. The molecule has 232 valence electrons. The Morgan fingerprint density at radius 1 is 1.10 bits per heavy atom. The number of aliphatic hydroxyl groups is 3. The Bertz CT molecular complexity index is 1150. The lowest BCUT2D eigenvalue weighted by atomic mass is 10.1. The number of rotatable bonds is 18. The van der Waals surface area contributed by atoms with Gasteiger partial charge in [0.15, 0.2) is 11.9 Å². The summed E-state index contributed by atoms with van der Waals surface area (Å²) in [4.78, 5) is 78.7. The Hall–Kier alpha value is -4.71. The molecule has 0 spiro atoms. The molecule has 18 nitrogen and oxygen atoms in total. The van der Waals surface area contributed by atoms with Crippen LogP contribution in [-0.2, 0) is 44.7 Å². The summed E-state index contributed by atoms with van der Waals surface area (Å²) in [6.45, 7) is -0.919. The quantitative estimate of drug-likeness (QED) is 0.0609. The molecular weight excluding hydrogens is 564 g/mol. The van der Waals surface area contributed by atoms with Crippen LogP contribution in [-0.4, -0.2) is 110 Å². The number of carbonyl (C=O) groups excluding carboxylic acids is 5. The first-order valence-corrected chi connectivity index (χ1v) is 12.9. The lowest BCUT2D eigenvalue weighted by Crippen LogP contribution is -2.54. The van der Waals surface area contributed by atoms with E-state index in [9.17, 15) is 49.2 Å². The third kappa shape index (κ3) is 10.7. The molecule has 0 aliphatic carbocycles. The van der Waals surface area contributed by atoms with E-state index in [-0.39, 0.29) is 12.8 Å². The van der Waals surface area contributed by atoms with Crippen LogP contribution in [0, 0.1) is 0 Å². The molecule has 0 bridgehead atoms. The van der Waals surface area contributed by atoms with E-state index < -0.39 is 97.4 Å². The first kappa shape index (κ1) is 33.5. The maximum atomic E-state index is 12.9. The zero-order chi connectivity index (χ0) is 31.2. The number of hydrogen-bond acceptors (Lipinski definition) is 13. The Kier molecular flexibility index (Phi) is 13.2. The molecule has 1 aliphatic heterocycles. The monoisotopic (exact) mass is 598 g/mol. The lowest BCUT2D eigenvalue weighted by molar-refractivity contribution is -0.155. The summed E-state index contributed by atoms with van der Waals surface area (Å²) >= 11 is 0. The summed E-state index contributed by atoms with van der Waals surface area (Å²) in [5.41, 5.74) is 5.91. The van der Waals surface area contributed by atoms with E-state index in [1.54, 1.807) is 0 Å². The number of aliphatic hydroxyl groups excluding tert-OH is 3. The van der Waals surface area contributed by atoms with E-state index >= 15 is 0 Å². The van der Waals surface area contributed by atoms with Gasteiger partial charge in [-0.2, -0.15) is 0 Å². The molecule has 0 saturated carbocycles. The molecule has 1 aliphatic rings. The van der Waals surface area contributed by atoms with E-state index in [1.165, 1.54) is 12.5 Å². The maximum Gasteiger partial charge on any atom is 0.377 e. The third-order valence-corrected chi connectivity index (χ3v) is 5.90. The number of hydrogen-bond donors (Lipinski definition) is 9. The molecule has 18 heteroatoms. The van der Waals surface area contributed by atoms with E-state index in [0.717, 1.165) is 0 Å². The van der Waals surface area contributed by atoms with Gasteiger partial charge in [0.25, 0.3) is 0 Å². The number of aliphatic carboxylic acids is 1. The molecular formula is C24H34N6O12. The van der Waals surface area contributed by atoms with Crippen molar-refractivity contribution in [3.05, 3.63) is 29.7 Å². The highest BCUT2D eigenvalue weighted by Crippen LogP contribution is 2.21. The minimum Gasteiger partial charge on any atom is -0.505 e. The molecule has 0 saturated heterocycles. The van der Waals surface area contributed by atoms with Crippen molar-refractivity contribution in [2.75, 3.05) is 19.7 Å². The van der Waals surface area contributed by atoms with Gasteiger partial charge in [0.2, 0.25) is 23.5 Å². The predicted molar refractivity (Wildman–Crippen MR) is 138 cm³/mol. The summed E-state index contributed by atoms with van der Waals surface area (Å²) in [7, 11) is 0. The fraction of sp³-hybridized carbons (Fsp3) is 0.542. The van der Waals surface area contributed by atoms with Crippen LogP contribution in [0.4, 0.5) is 0 Å². The minimum atomic E-state index is -1.68. The first-order chi connectivity index (χ1) is 19.9. The fourth-order valence-electron chi connectivity index (χ4n) is 3.64. The Morgan fingerprint density at radius 2 is 1.83 bits per heavy atom. The number of carbonyl (C=O) groups is 6. The molecule has 2 rings (SSSR count). The van der Waals surface area contributed by atoms with E-state index in [2.05, 4.69) is 30.7 Å². The van der Waals surface area contributed by atoms with Crippen molar-refractivity contribution >= 4 is 35.6 Å². The number of esters is 2. The number of nitrogens with two attached hydrogens (primary N) is 1. The molecule has 4 atom stereocenters. The van der Waals surface area contributed by atoms with Crippen LogP contribution in [0.2, 0.25) is 0 Å². The highest BCUT2D eigenvalue weighted by molar-refractivity contribution is 5.92. The molecule has 1 aromatic heterocycles. The number of H-pyrrole nitrogens is 1. The van der Waals surface area contributed by atoms with Crippen molar-refractivity contribution in [3.8, 4) is 0 Å². The van der Waals surface area contributed by atoms with Gasteiger partial charge in [0, 0.05) is 24.7 Å². The molecule has 4 unspecified atom stereocenters. The smallest absolute Gasteiger partial charge is 0.377 e. The van der Waals surface area contributed by atoms with Gasteiger partial charge in [-0.1, -0.05) is 0 Å². The predicted octanol–water partition coefficient (Wildman–Crippen LogP) is -2.81. The lowest BCUT2D eigenvalue weighted by Gasteiger charge is -2.21. The highest BCUT2D eigenvalue weighted by atomic mass is 16.6. The second-order valence-electron chi connectivity index (χ2n) is 9.17. The van der Waals surface area contributed by atoms with Crippen molar-refractivity contribution in [1.82, 2.24) is 25.9 Å². The van der Waals surface area contributed by atoms with Crippen LogP contribution in [0.3, 0.4) is 0 Å². The number of nitrogens with zero attached hydrogens (tertiary/aromatic N) is 1. The van der Waals surface area contributed by atoms with Crippen molar-refractivity contribution in [3.63, 3.8) is 0 Å². The minimum absolute atomic E-state index is 0.0500. The number of imidazole rings is 1. The maximum absolute atomic E-state index is 12.9. The van der Waals surface area contributed by atoms with Gasteiger partial charge < -0.3 is 56.6 Å². The second-order valence-corrected chi connectivity index (χ2v) is 9.17. The largest absolute Gasteiger partial charge is 0.505 e. The first-order valence-electron chi connectivity index (χ1n) is 12.9. The van der Waals surface area contributed by atoms with Gasteiger partial charge in [-0.05, 0) is 25.8 Å². The van der Waals surface area contributed by atoms with Crippen molar-refractivity contribution < 1.29 is 58.7 Å². The number of carboxylic acid groups (broad SMARTS) is 1.